The first-order valence-electron chi connectivity index (χ1n) is 5.27. The Hall–Kier alpha value is -0.160. The molecule has 0 aliphatic heterocycles. The number of ether oxygens (including phenoxy) is 2. The van der Waals surface area contributed by atoms with Gasteiger partial charge in [0.15, 0.2) is 0 Å². The van der Waals surface area contributed by atoms with Crippen LogP contribution in [-0.2, 0) is 9.47 Å². The highest BCUT2D eigenvalue weighted by molar-refractivity contribution is 4.51. The van der Waals surface area contributed by atoms with Crippen LogP contribution in [-0.4, -0.2) is 65.1 Å². The van der Waals surface area contributed by atoms with E-state index in [1.165, 1.54) is 0 Å². The summed E-state index contributed by atoms with van der Waals surface area (Å²) in [4.78, 5) is 2.28. The number of nitrogens with zero attached hydrogens (tertiary/aromatic N) is 1. The van der Waals surface area contributed by atoms with Crippen molar-refractivity contribution in [2.45, 2.75) is 6.92 Å². The van der Waals surface area contributed by atoms with E-state index in [1.807, 2.05) is 0 Å². The lowest BCUT2D eigenvalue weighted by molar-refractivity contribution is 0.0719. The van der Waals surface area contributed by atoms with Gasteiger partial charge in [0.05, 0.1) is 19.8 Å². The van der Waals surface area contributed by atoms with E-state index in [-0.39, 0.29) is 0 Å². The fourth-order valence-electron chi connectivity index (χ4n) is 0.942. The molecule has 1 N–H and O–H groups in total. The third kappa shape index (κ3) is 9.92. The van der Waals surface area contributed by atoms with Gasteiger partial charge in [0, 0.05) is 26.7 Å². The zero-order valence-corrected chi connectivity index (χ0v) is 9.71. The molecule has 0 bridgehead atoms. The van der Waals surface area contributed by atoms with Crippen molar-refractivity contribution >= 4 is 0 Å². The molecule has 0 rings (SSSR count). The maximum Gasteiger partial charge on any atom is 0.0700 e. The van der Waals surface area contributed by atoms with Gasteiger partial charge in [-0.1, -0.05) is 6.92 Å². The highest BCUT2D eigenvalue weighted by Gasteiger charge is 1.93. The predicted octanol–water partition coefficient (Wildman–Crippen LogP) is 0.191. The number of nitrogens with one attached hydrogen (secondary N) is 1. The van der Waals surface area contributed by atoms with Gasteiger partial charge in [0.25, 0.3) is 0 Å². The average molecular weight is 204 g/mol. The van der Waals surface area contributed by atoms with Crippen molar-refractivity contribution in [1.29, 1.82) is 0 Å². The summed E-state index contributed by atoms with van der Waals surface area (Å²) in [6.07, 6.45) is 0. The summed E-state index contributed by atoms with van der Waals surface area (Å²) in [5, 5.41) is 3.32. The van der Waals surface area contributed by atoms with Gasteiger partial charge in [0.2, 0.25) is 0 Å². The summed E-state index contributed by atoms with van der Waals surface area (Å²) < 4.78 is 10.2. The van der Waals surface area contributed by atoms with Crippen molar-refractivity contribution < 1.29 is 9.47 Å². The summed E-state index contributed by atoms with van der Waals surface area (Å²) in [6, 6.07) is 0. The van der Waals surface area contributed by atoms with E-state index in [0.29, 0.717) is 13.2 Å². The van der Waals surface area contributed by atoms with E-state index in [0.717, 1.165) is 32.8 Å². The molecule has 0 amide bonds. The molecule has 0 radical (unpaired) electrons. The highest BCUT2D eigenvalue weighted by Crippen LogP contribution is 1.78. The molecular weight excluding hydrogens is 180 g/mol. The van der Waals surface area contributed by atoms with Crippen molar-refractivity contribution in [2.24, 2.45) is 0 Å². The van der Waals surface area contributed by atoms with Crippen LogP contribution >= 0.6 is 0 Å². The Kier molecular flexibility index (Phi) is 10.8. The second-order valence-corrected chi connectivity index (χ2v) is 3.25. The molecule has 4 heteroatoms. The summed E-state index contributed by atoms with van der Waals surface area (Å²) in [6.45, 7) is 8.43. The van der Waals surface area contributed by atoms with Crippen LogP contribution in [0.4, 0.5) is 0 Å². The molecule has 0 saturated carbocycles. The van der Waals surface area contributed by atoms with Crippen LogP contribution in [0, 0.1) is 0 Å². The molecule has 0 unspecified atom stereocenters. The topological polar surface area (TPSA) is 33.7 Å². The second kappa shape index (κ2) is 10.9. The first-order valence-corrected chi connectivity index (χ1v) is 5.27. The van der Waals surface area contributed by atoms with E-state index >= 15 is 0 Å². The Morgan fingerprint density at radius 3 is 2.57 bits per heavy atom. The zero-order chi connectivity index (χ0) is 10.6. The number of methoxy groups -OCH3 is 1. The van der Waals surface area contributed by atoms with Gasteiger partial charge in [-0.25, -0.2) is 0 Å². The Labute approximate surface area is 87.6 Å². The average Bonchev–Trinajstić information content (AvgIpc) is 2.21. The molecule has 0 aliphatic rings. The van der Waals surface area contributed by atoms with Crippen molar-refractivity contribution in [3.63, 3.8) is 0 Å². The van der Waals surface area contributed by atoms with E-state index in [9.17, 15) is 0 Å². The highest BCUT2D eigenvalue weighted by atomic mass is 16.5. The molecule has 0 fully saturated rings. The molecule has 14 heavy (non-hydrogen) atoms. The van der Waals surface area contributed by atoms with Crippen molar-refractivity contribution in [2.75, 3.05) is 60.2 Å². The lowest BCUT2D eigenvalue weighted by atomic mass is 10.5. The molecule has 0 aromatic rings. The molecule has 0 aromatic heterocycles. The van der Waals surface area contributed by atoms with Crippen molar-refractivity contribution in [3.05, 3.63) is 0 Å². The second-order valence-electron chi connectivity index (χ2n) is 3.25. The van der Waals surface area contributed by atoms with Crippen LogP contribution in [0.1, 0.15) is 6.92 Å². The molecule has 4 nitrogen and oxygen atoms in total. The Balaban J connectivity index is 2.92. The van der Waals surface area contributed by atoms with Gasteiger partial charge < -0.3 is 19.7 Å². The third-order valence-corrected chi connectivity index (χ3v) is 2.07. The van der Waals surface area contributed by atoms with Gasteiger partial charge >= 0.3 is 0 Å². The third-order valence-electron chi connectivity index (χ3n) is 2.07. The predicted molar refractivity (Wildman–Crippen MR) is 58.7 cm³/mol. The van der Waals surface area contributed by atoms with Crippen LogP contribution in [0.15, 0.2) is 0 Å². The van der Waals surface area contributed by atoms with E-state index in [2.05, 4.69) is 24.2 Å². The molecular formula is C10H24N2O2. The normalized spacial score (nSPS) is 11.1. The summed E-state index contributed by atoms with van der Waals surface area (Å²) >= 11 is 0. The maximum absolute atomic E-state index is 5.31. The molecule has 0 saturated heterocycles. The van der Waals surface area contributed by atoms with Crippen LogP contribution in [0.25, 0.3) is 0 Å². The van der Waals surface area contributed by atoms with Gasteiger partial charge in [-0.2, -0.15) is 0 Å². The smallest absolute Gasteiger partial charge is 0.0700 e. The van der Waals surface area contributed by atoms with Crippen molar-refractivity contribution in [3.8, 4) is 0 Å². The minimum absolute atomic E-state index is 0.679. The zero-order valence-electron chi connectivity index (χ0n) is 9.71. The lowest BCUT2D eigenvalue weighted by Gasteiger charge is -2.13. The minimum atomic E-state index is 0.679. The Bertz CT molecular complexity index is 112. The number of hydrogen-bond acceptors (Lipinski definition) is 4. The quantitative estimate of drug-likeness (QED) is 0.515. The van der Waals surface area contributed by atoms with Crippen LogP contribution in [0.2, 0.25) is 0 Å². The monoisotopic (exact) mass is 204 g/mol. The SMILES string of the molecule is CCN(C)CCNCCOCCOC. The number of hydrogen-bond donors (Lipinski definition) is 1. The van der Waals surface area contributed by atoms with Gasteiger partial charge in [-0.15, -0.1) is 0 Å². The minimum Gasteiger partial charge on any atom is -0.382 e. The van der Waals surface area contributed by atoms with Gasteiger partial charge in [-0.3, -0.25) is 0 Å². The van der Waals surface area contributed by atoms with E-state index < -0.39 is 0 Å². The standard InChI is InChI=1S/C10H24N2O2/c1-4-12(2)7-5-11-6-8-14-10-9-13-3/h11H,4-10H2,1-3H3. The van der Waals surface area contributed by atoms with E-state index in [4.69, 9.17) is 9.47 Å². The first-order chi connectivity index (χ1) is 6.81. The largest absolute Gasteiger partial charge is 0.382 e. The Morgan fingerprint density at radius 2 is 1.93 bits per heavy atom. The summed E-state index contributed by atoms with van der Waals surface area (Å²) in [5.41, 5.74) is 0. The molecule has 0 spiro atoms. The molecule has 0 atom stereocenters. The van der Waals surface area contributed by atoms with Crippen LogP contribution in [0.5, 0.6) is 0 Å². The molecule has 0 aromatic carbocycles. The molecule has 0 aliphatic carbocycles. The summed E-state index contributed by atoms with van der Waals surface area (Å²) in [5.74, 6) is 0. The van der Waals surface area contributed by atoms with Crippen molar-refractivity contribution in [1.82, 2.24) is 10.2 Å². The first kappa shape index (κ1) is 13.8. The maximum atomic E-state index is 5.31. The van der Waals surface area contributed by atoms with Crippen LogP contribution in [0.3, 0.4) is 0 Å². The Morgan fingerprint density at radius 1 is 1.14 bits per heavy atom. The fourth-order valence-corrected chi connectivity index (χ4v) is 0.942. The van der Waals surface area contributed by atoms with Gasteiger partial charge in [-0.05, 0) is 13.6 Å². The lowest BCUT2D eigenvalue weighted by Crippen LogP contribution is -2.31. The fraction of sp³-hybridized carbons (Fsp3) is 1.00. The summed E-state index contributed by atoms with van der Waals surface area (Å²) in [7, 11) is 3.80. The number of rotatable bonds is 10. The molecule has 86 valence electrons. The van der Waals surface area contributed by atoms with Crippen LogP contribution < -0.4 is 5.32 Å². The molecule has 0 heterocycles. The van der Waals surface area contributed by atoms with Gasteiger partial charge in [0.1, 0.15) is 0 Å². The van der Waals surface area contributed by atoms with E-state index in [1.54, 1.807) is 7.11 Å². The number of likely N-dealkylation sites (N-methyl/N-ethyl adjacent to an activating group) is 1.